The number of likely N-dealkylation sites (N-methyl/N-ethyl adjacent to an activating group) is 1. The van der Waals surface area contributed by atoms with Crippen molar-refractivity contribution in [3.05, 3.63) is 0 Å². The maximum Gasteiger partial charge on any atom is 0.472 e. The van der Waals surface area contributed by atoms with Gasteiger partial charge in [0, 0.05) is 12.8 Å². The fourth-order valence-corrected chi connectivity index (χ4v) is 9.23. The van der Waals surface area contributed by atoms with E-state index in [1.807, 2.05) is 21.1 Å². The fourth-order valence-electron chi connectivity index (χ4n) is 8.49. The molecular weight excluding hydrogens is 834 g/mol. The minimum Gasteiger partial charge on any atom is -0.462 e. The van der Waals surface area contributed by atoms with E-state index in [1.54, 1.807) is 0 Å². The van der Waals surface area contributed by atoms with E-state index in [4.69, 9.17) is 18.5 Å². The van der Waals surface area contributed by atoms with Crippen molar-refractivity contribution in [1.29, 1.82) is 0 Å². The van der Waals surface area contributed by atoms with Gasteiger partial charge in [0.15, 0.2) is 6.10 Å². The van der Waals surface area contributed by atoms with Crippen molar-refractivity contribution >= 4 is 19.8 Å². The Morgan fingerprint density at radius 2 is 0.692 bits per heavy atom. The lowest BCUT2D eigenvalue weighted by atomic mass is 10.0. The van der Waals surface area contributed by atoms with Gasteiger partial charge in [-0.3, -0.25) is 18.6 Å². The summed E-state index contributed by atoms with van der Waals surface area (Å²) in [4.78, 5) is 35.6. The first-order valence-electron chi connectivity index (χ1n) is 28.3. The Morgan fingerprint density at radius 1 is 0.415 bits per heavy atom. The molecule has 0 aromatic carbocycles. The topological polar surface area (TPSA) is 108 Å². The van der Waals surface area contributed by atoms with Crippen molar-refractivity contribution in [3.63, 3.8) is 0 Å². The van der Waals surface area contributed by atoms with Gasteiger partial charge in [-0.15, -0.1) is 0 Å². The van der Waals surface area contributed by atoms with E-state index in [0.717, 1.165) is 38.5 Å². The van der Waals surface area contributed by atoms with E-state index in [-0.39, 0.29) is 25.6 Å². The molecule has 0 bridgehead atoms. The lowest BCUT2D eigenvalue weighted by molar-refractivity contribution is -0.870. The summed E-state index contributed by atoms with van der Waals surface area (Å²) in [6.45, 7) is 4.50. The molecule has 0 radical (unpaired) electrons. The lowest BCUT2D eigenvalue weighted by Crippen LogP contribution is -2.37. The first kappa shape index (κ1) is 64.0. The molecule has 0 rings (SSSR count). The number of rotatable bonds is 53. The number of phosphoric acid groups is 1. The molecule has 9 nitrogen and oxygen atoms in total. The minimum absolute atomic E-state index is 0.0373. The molecule has 0 aromatic rings. The summed E-state index contributed by atoms with van der Waals surface area (Å²) in [5.41, 5.74) is 0. The van der Waals surface area contributed by atoms with Crippen LogP contribution < -0.4 is 0 Å². The Balaban J connectivity index is 4.11. The van der Waals surface area contributed by atoms with E-state index in [0.29, 0.717) is 17.4 Å². The van der Waals surface area contributed by atoms with Crippen molar-refractivity contribution in [2.75, 3.05) is 47.5 Å². The highest BCUT2D eigenvalue weighted by atomic mass is 31.2. The second-order valence-corrected chi connectivity index (χ2v) is 22.1. The van der Waals surface area contributed by atoms with E-state index >= 15 is 0 Å². The highest BCUT2D eigenvalue weighted by molar-refractivity contribution is 7.47. The second-order valence-electron chi connectivity index (χ2n) is 20.7. The Morgan fingerprint density at radius 3 is 0.985 bits per heavy atom. The van der Waals surface area contributed by atoms with Crippen molar-refractivity contribution < 1.29 is 42.1 Å². The average Bonchev–Trinajstić information content (AvgIpc) is 3.26. The summed E-state index contributed by atoms with van der Waals surface area (Å²) in [6.07, 6.45) is 53.1. The van der Waals surface area contributed by atoms with Crippen LogP contribution in [-0.4, -0.2) is 74.9 Å². The largest absolute Gasteiger partial charge is 0.472 e. The molecule has 0 spiro atoms. The molecule has 10 heteroatoms. The molecule has 0 aliphatic carbocycles. The quantitative estimate of drug-likeness (QED) is 0.0278. The van der Waals surface area contributed by atoms with Gasteiger partial charge in [-0.2, -0.15) is 0 Å². The smallest absolute Gasteiger partial charge is 0.462 e. The molecule has 0 aliphatic rings. The van der Waals surface area contributed by atoms with Crippen LogP contribution in [-0.2, 0) is 32.7 Å². The molecule has 0 saturated carbocycles. The van der Waals surface area contributed by atoms with E-state index in [9.17, 15) is 19.0 Å². The minimum atomic E-state index is -4.37. The Labute approximate surface area is 404 Å². The number of ether oxygens (including phenoxy) is 2. The molecule has 0 aromatic heterocycles. The standard InChI is InChI=1S/C55H110NO8P/c1-6-8-10-12-14-16-18-20-22-24-26-27-28-29-30-32-33-35-37-39-41-43-45-47-54(57)61-51-53(52-63-65(59,60)62-50-49-56(3,4)5)64-55(58)48-46-44-42-40-38-36-34-31-25-23-21-19-17-15-13-11-9-7-2/h53H,6-52H2,1-5H3/p+1. The molecule has 2 unspecified atom stereocenters. The van der Waals surface area contributed by atoms with E-state index < -0.39 is 26.5 Å². The molecule has 0 fully saturated rings. The van der Waals surface area contributed by atoms with Crippen molar-refractivity contribution in [2.45, 2.75) is 296 Å². The van der Waals surface area contributed by atoms with Crippen LogP contribution in [0.25, 0.3) is 0 Å². The molecule has 1 N–H and O–H groups in total. The number of nitrogens with zero attached hydrogens (tertiary/aromatic N) is 1. The van der Waals surface area contributed by atoms with Gasteiger partial charge < -0.3 is 18.9 Å². The molecule has 2 atom stereocenters. The first-order chi connectivity index (χ1) is 31.5. The van der Waals surface area contributed by atoms with Gasteiger partial charge in [-0.05, 0) is 12.8 Å². The first-order valence-corrected chi connectivity index (χ1v) is 29.8. The van der Waals surface area contributed by atoms with Crippen LogP contribution in [0.3, 0.4) is 0 Å². The molecule has 388 valence electrons. The Bertz CT molecular complexity index is 1070. The number of unbranched alkanes of at least 4 members (excludes halogenated alkanes) is 39. The molecule has 0 heterocycles. The Hall–Kier alpha value is -0.990. The van der Waals surface area contributed by atoms with Crippen LogP contribution in [0.15, 0.2) is 0 Å². The zero-order valence-corrected chi connectivity index (χ0v) is 44.9. The van der Waals surface area contributed by atoms with Gasteiger partial charge in [0.1, 0.15) is 19.8 Å². The predicted octanol–water partition coefficient (Wildman–Crippen LogP) is 17.1. The number of hydrogen-bond donors (Lipinski definition) is 1. The third-order valence-electron chi connectivity index (χ3n) is 12.9. The van der Waals surface area contributed by atoms with Crippen LogP contribution >= 0.6 is 7.82 Å². The van der Waals surface area contributed by atoms with Gasteiger partial charge in [0.25, 0.3) is 0 Å². The number of carbonyl (C=O) groups is 2. The zero-order chi connectivity index (χ0) is 47.8. The van der Waals surface area contributed by atoms with Crippen molar-refractivity contribution in [1.82, 2.24) is 0 Å². The van der Waals surface area contributed by atoms with E-state index in [1.165, 1.54) is 225 Å². The predicted molar refractivity (Wildman–Crippen MR) is 275 cm³/mol. The number of phosphoric ester groups is 1. The summed E-state index contributed by atoms with van der Waals surface area (Å²) in [5.74, 6) is -0.774. The molecule has 0 aliphatic heterocycles. The van der Waals surface area contributed by atoms with Crippen molar-refractivity contribution in [2.24, 2.45) is 0 Å². The van der Waals surface area contributed by atoms with Crippen molar-refractivity contribution in [3.8, 4) is 0 Å². The maximum atomic E-state index is 12.8. The highest BCUT2D eigenvalue weighted by Crippen LogP contribution is 2.43. The Kier molecular flexibility index (Phi) is 47.3. The zero-order valence-electron chi connectivity index (χ0n) is 44.0. The molecular formula is C55H111NO8P+. The van der Waals surface area contributed by atoms with Gasteiger partial charge in [-0.1, -0.05) is 264 Å². The van der Waals surface area contributed by atoms with Crippen LogP contribution in [0, 0.1) is 0 Å². The number of hydrogen-bond acceptors (Lipinski definition) is 7. The summed E-state index contributed by atoms with van der Waals surface area (Å²) in [6, 6.07) is 0. The summed E-state index contributed by atoms with van der Waals surface area (Å²) in [7, 11) is 1.50. The van der Waals surface area contributed by atoms with Gasteiger partial charge >= 0.3 is 19.8 Å². The fraction of sp³-hybridized carbons (Fsp3) is 0.964. The summed E-state index contributed by atoms with van der Waals surface area (Å²) < 4.78 is 34.6. The van der Waals surface area contributed by atoms with Crippen LogP contribution in [0.4, 0.5) is 0 Å². The molecule has 0 amide bonds. The normalized spacial score (nSPS) is 13.3. The summed E-state index contributed by atoms with van der Waals surface area (Å²) >= 11 is 0. The van der Waals surface area contributed by atoms with Gasteiger partial charge in [0.2, 0.25) is 0 Å². The lowest BCUT2D eigenvalue weighted by Gasteiger charge is -2.24. The monoisotopic (exact) mass is 945 g/mol. The van der Waals surface area contributed by atoms with Crippen LogP contribution in [0.5, 0.6) is 0 Å². The SMILES string of the molecule is CCCCCCCCCCCCCCCCCCCCCCCCCC(=O)OCC(COP(=O)(O)OCC[N+](C)(C)C)OC(=O)CCCCCCCCCCCCCCCCCCCC. The maximum absolute atomic E-state index is 12.8. The average molecular weight is 945 g/mol. The summed E-state index contributed by atoms with van der Waals surface area (Å²) in [5, 5.41) is 0. The van der Waals surface area contributed by atoms with Crippen LogP contribution in [0.1, 0.15) is 290 Å². The number of carbonyl (C=O) groups excluding carboxylic acids is 2. The molecule has 0 saturated heterocycles. The highest BCUT2D eigenvalue weighted by Gasteiger charge is 2.27. The molecule has 65 heavy (non-hydrogen) atoms. The number of quaternary nitrogens is 1. The van der Waals surface area contributed by atoms with Crippen LogP contribution in [0.2, 0.25) is 0 Å². The van der Waals surface area contributed by atoms with E-state index in [2.05, 4.69) is 13.8 Å². The second kappa shape index (κ2) is 48.1. The van der Waals surface area contributed by atoms with Gasteiger partial charge in [-0.25, -0.2) is 4.57 Å². The number of esters is 2. The third-order valence-corrected chi connectivity index (χ3v) is 13.9. The van der Waals surface area contributed by atoms with Gasteiger partial charge in [0.05, 0.1) is 27.7 Å². The third kappa shape index (κ3) is 52.2.